The van der Waals surface area contributed by atoms with E-state index in [4.69, 9.17) is 99.7 Å². The van der Waals surface area contributed by atoms with Gasteiger partial charge in [-0.1, -0.05) is 0 Å². The number of nitrogens with zero attached hydrogens (tertiary/aromatic N) is 17. The van der Waals surface area contributed by atoms with Crippen molar-refractivity contribution in [2.24, 2.45) is 29.4 Å². The Kier molecular flexibility index (Phi) is 24.7. The first-order valence-electron chi connectivity index (χ1n) is 41.7. The Hall–Kier alpha value is -9.69. The second-order valence-electron chi connectivity index (χ2n) is 35.0. The van der Waals surface area contributed by atoms with Gasteiger partial charge in [0.25, 0.3) is 0 Å². The molecular weight excluding hydrogens is 1620 g/mol. The highest BCUT2D eigenvalue weighted by atomic mass is 16.8. The highest BCUT2D eigenvalue weighted by Crippen LogP contribution is 2.50. The molecule has 0 aromatic carbocycles. The fraction of sp³-hybridized carbons (Fsp3) is 0.684. The number of rotatable bonds is 19. The maximum absolute atomic E-state index is 11.9. The molecule has 4 saturated carbocycles. The van der Waals surface area contributed by atoms with E-state index < -0.39 is 48.1 Å². The molecule has 4 aliphatic carbocycles. The monoisotopic (exact) mass is 1730 g/mol. The van der Waals surface area contributed by atoms with E-state index in [1.165, 1.54) is 53.7 Å². The van der Waals surface area contributed by atoms with Gasteiger partial charge in [-0.3, -0.25) is 47.1 Å². The van der Waals surface area contributed by atoms with E-state index in [9.17, 15) is 24.0 Å². The number of esters is 4. The smallest absolute Gasteiger partial charge is 0.309 e. The van der Waals surface area contributed by atoms with Crippen LogP contribution in [0, 0.1) is 23.7 Å². The number of fused-ring (bicyclic) bond motifs is 8. The number of imidazole rings is 4. The molecule has 12 fully saturated rings. The van der Waals surface area contributed by atoms with Crippen LogP contribution in [0.25, 0.3) is 44.7 Å². The van der Waals surface area contributed by atoms with E-state index in [-0.39, 0.29) is 145 Å². The summed E-state index contributed by atoms with van der Waals surface area (Å²) in [5.74, 6) is -2.27. The number of carbonyl (C=O) groups is 5. The van der Waals surface area contributed by atoms with Crippen molar-refractivity contribution >= 4 is 97.6 Å². The number of hydrogen-bond donors (Lipinski definition) is 7. The Labute approximate surface area is 711 Å². The van der Waals surface area contributed by atoms with Crippen LogP contribution in [0.4, 0.5) is 23.3 Å². The second-order valence-corrected chi connectivity index (χ2v) is 35.0. The van der Waals surface area contributed by atoms with E-state index in [0.29, 0.717) is 113 Å². The first-order valence-corrected chi connectivity index (χ1v) is 41.7. The van der Waals surface area contributed by atoms with Crippen molar-refractivity contribution in [2.75, 3.05) is 77.6 Å². The van der Waals surface area contributed by atoms with Crippen LogP contribution in [0.1, 0.15) is 146 Å². The van der Waals surface area contributed by atoms with Gasteiger partial charge in [-0.25, -0.2) is 59.8 Å². The van der Waals surface area contributed by atoms with Crippen molar-refractivity contribution in [1.82, 2.24) is 93.6 Å². The summed E-state index contributed by atoms with van der Waals surface area (Å²) in [4.78, 5) is 109. The molecular formula is C79H110N24O21. The quantitative estimate of drug-likeness (QED) is 0.0450. The molecule has 0 amide bonds. The fourth-order valence-electron chi connectivity index (χ4n) is 18.3. The molecule has 45 nitrogen and oxygen atoms in total. The molecule has 16 atom stereocenters. The van der Waals surface area contributed by atoms with Gasteiger partial charge in [-0.05, 0) is 108 Å². The van der Waals surface area contributed by atoms with Crippen molar-refractivity contribution in [3.8, 4) is 0 Å². The molecule has 0 radical (unpaired) electrons. The number of nitrogens with one attached hydrogen (secondary N) is 2. The number of nitrogen functional groups attached to an aromatic ring is 4. The summed E-state index contributed by atoms with van der Waals surface area (Å²) in [6, 6.07) is 1.10. The average Bonchev–Trinajstić information content (AvgIpc) is 1.59. The van der Waals surface area contributed by atoms with Crippen LogP contribution in [-0.4, -0.2) is 288 Å². The van der Waals surface area contributed by atoms with Crippen LogP contribution >= 0.6 is 0 Å². The number of ketones is 1. The average molecular weight is 1730 g/mol. The summed E-state index contributed by atoms with van der Waals surface area (Å²) in [5.41, 5.74) is 34.0. The Morgan fingerprint density at radius 2 is 0.685 bits per heavy atom. The number of hydrogen-bond acceptors (Lipinski definition) is 41. The van der Waals surface area contributed by atoms with Gasteiger partial charge >= 0.3 is 23.9 Å². The molecule has 45 heteroatoms. The third kappa shape index (κ3) is 17.5. The minimum atomic E-state index is -0.727. The lowest BCUT2D eigenvalue weighted by Gasteiger charge is -2.45. The third-order valence-corrected chi connectivity index (χ3v) is 24.6. The number of ether oxygens (including phenoxy) is 16. The largest absolute Gasteiger partial charge is 0.469 e. The standard InChI is InChI=1S/C22H32N6O5.2C19H26N6O5.C13H18N6O3.C6H8O3/c1-11(2)27(13-6-12(7-13)21(29)30-5)8-14-16-17(33-22(3,4)32-16)20(31-14)28-10-26-15-18(23)24-9-25-19(15)28;2*1-19(2)29-13-11(6-21-10-4-9(5-10)18(26)27-3)28-17(14(13)30-19)25-8-24-12-15(20)22-7-23-16(12)25;1-13(2)21-8-6(3-14)20-12(9(8)22-13)19-5-18-7-10(15)16-4-17-11(7)19;1-9-6(8)4-2-5(7)3-4/h9-14,16-17,20H,6-8H2,1-5H3,(H2,23,24,25);2*7-11,13-14,17,21H,4-6H2,1-3H3,(H2,20,22,23);4-6,8-9,12H,3,14H2,1-2H3,(H2,15,16,17);4H,2-3H2,1H3/t12?,13?,14-,16-,17-,20-;2*9?,10?,11-,13-,14-,17-;6-,8-,9-,12-;/m1111./s1. The zero-order valence-corrected chi connectivity index (χ0v) is 71.5. The molecule has 8 saturated heterocycles. The van der Waals surface area contributed by atoms with Crippen molar-refractivity contribution in [2.45, 2.75) is 266 Å². The summed E-state index contributed by atoms with van der Waals surface area (Å²) in [6.45, 7) is 21.7. The molecule has 8 aromatic heterocycles. The minimum Gasteiger partial charge on any atom is -0.469 e. The Morgan fingerprint density at radius 3 is 0.984 bits per heavy atom. The molecule has 8 aromatic rings. The maximum Gasteiger partial charge on any atom is 0.309 e. The number of aromatic nitrogens is 16. The van der Waals surface area contributed by atoms with Gasteiger partial charge in [0.2, 0.25) is 0 Å². The van der Waals surface area contributed by atoms with Crippen LogP contribution < -0.4 is 39.3 Å². The van der Waals surface area contributed by atoms with Gasteiger partial charge in [0.1, 0.15) is 126 Å². The van der Waals surface area contributed by atoms with Crippen LogP contribution in [-0.2, 0) is 99.8 Å². The molecule has 20 rings (SSSR count). The van der Waals surface area contributed by atoms with E-state index in [1.54, 1.807) is 29.9 Å². The molecule has 0 spiro atoms. The lowest BCUT2D eigenvalue weighted by atomic mass is 9.78. The van der Waals surface area contributed by atoms with Gasteiger partial charge in [-0.2, -0.15) is 0 Å². The summed E-state index contributed by atoms with van der Waals surface area (Å²) in [5, 5.41) is 6.97. The topological polar surface area (TPSA) is 565 Å². The lowest BCUT2D eigenvalue weighted by Crippen LogP contribution is -2.53. The summed E-state index contributed by atoms with van der Waals surface area (Å²) >= 11 is 0. The van der Waals surface area contributed by atoms with Crippen molar-refractivity contribution in [3.63, 3.8) is 0 Å². The van der Waals surface area contributed by atoms with Gasteiger partial charge < -0.3 is 115 Å². The molecule has 16 heterocycles. The minimum absolute atomic E-state index is 0.0232. The zero-order valence-electron chi connectivity index (χ0n) is 71.5. The predicted molar refractivity (Wildman–Crippen MR) is 432 cm³/mol. The number of Topliss-reactive ketones (excluding diaryl/α,β-unsaturated/α-hetero) is 1. The SMILES string of the molecule is CC1(C)O[C@@H]2[C@H](O1)[C@@H](CN)O[C@H]2n1cnc2c(N)ncnc21.COC(=O)C1CC(=O)C1.COC(=O)C1CC(N(C[C@H]2O[C@@H](n3cnc4c(N)ncnc43)[C@@H]3OC(C)(C)O[C@@H]32)C(C)C)C1.COC(=O)C1CC(NC[C@H]2O[C@@H](n3cnc4c(N)ncnc43)[C@@H]3OC(C)(C)O[C@@H]32)C1.COC(=O)C1CC(NC[C@H]2O[C@@H](n3cnc4c(N)ncnc43)[C@@H]3OC(C)(C)O[C@@H]32)C1. The van der Waals surface area contributed by atoms with Crippen LogP contribution in [0.15, 0.2) is 50.6 Å². The molecule has 12 aliphatic rings. The molecule has 0 unspecified atom stereocenters. The Bertz CT molecular complexity index is 5040. The molecule has 12 N–H and O–H groups in total. The number of nitrogens with two attached hydrogens (primary N) is 5. The highest BCUT2D eigenvalue weighted by Gasteiger charge is 2.61. The normalized spacial score (nSPS) is 32.8. The lowest BCUT2D eigenvalue weighted by molar-refractivity contribution is -0.199. The zero-order chi connectivity index (χ0) is 87.9. The van der Waals surface area contributed by atoms with E-state index >= 15 is 0 Å². The van der Waals surface area contributed by atoms with Gasteiger partial charge in [-0.15, -0.1) is 0 Å². The predicted octanol–water partition coefficient (Wildman–Crippen LogP) is 2.15. The molecule has 0 bridgehead atoms. The fourth-order valence-corrected chi connectivity index (χ4v) is 18.3. The van der Waals surface area contributed by atoms with Gasteiger partial charge in [0, 0.05) is 63.2 Å². The highest BCUT2D eigenvalue weighted by molar-refractivity contribution is 5.94. The Balaban J connectivity index is 0.000000119. The third-order valence-electron chi connectivity index (χ3n) is 24.6. The van der Waals surface area contributed by atoms with E-state index in [0.717, 1.165) is 38.5 Å². The first kappa shape index (κ1) is 87.8. The summed E-state index contributed by atoms with van der Waals surface area (Å²) in [7, 11) is 5.63. The summed E-state index contributed by atoms with van der Waals surface area (Å²) in [6.07, 6.45) is 12.8. The van der Waals surface area contributed by atoms with Crippen LogP contribution in [0.3, 0.4) is 0 Å². The molecule has 8 aliphatic heterocycles. The Morgan fingerprint density at radius 1 is 0.411 bits per heavy atom. The molecule has 672 valence electrons. The van der Waals surface area contributed by atoms with Crippen molar-refractivity contribution in [3.05, 3.63) is 50.6 Å². The first-order chi connectivity index (χ1) is 59.1. The maximum atomic E-state index is 11.9. The van der Waals surface area contributed by atoms with Crippen LogP contribution in [0.2, 0.25) is 0 Å². The number of anilines is 4. The van der Waals surface area contributed by atoms with Crippen molar-refractivity contribution < 1.29 is 99.8 Å². The van der Waals surface area contributed by atoms with Crippen molar-refractivity contribution in [1.29, 1.82) is 0 Å². The number of carbonyl (C=O) groups excluding carboxylic acids is 5. The second kappa shape index (κ2) is 34.9. The number of methoxy groups -OCH3 is 4. The van der Waals surface area contributed by atoms with E-state index in [2.05, 4.69) is 93.9 Å². The van der Waals surface area contributed by atoms with Crippen LogP contribution in [0.5, 0.6) is 0 Å². The summed E-state index contributed by atoms with van der Waals surface area (Å²) < 4.78 is 101. The molecule has 124 heavy (non-hydrogen) atoms. The van der Waals surface area contributed by atoms with E-state index in [1.807, 2.05) is 69.1 Å². The van der Waals surface area contributed by atoms with Gasteiger partial charge in [0.05, 0.1) is 77.4 Å². The van der Waals surface area contributed by atoms with Gasteiger partial charge in [0.15, 0.2) is 93.9 Å².